The number of rotatable bonds is 8. The van der Waals surface area contributed by atoms with E-state index in [0.29, 0.717) is 23.1 Å². The van der Waals surface area contributed by atoms with Crippen molar-refractivity contribution < 1.29 is 13.2 Å². The average Bonchev–Trinajstić information content (AvgIpc) is 2.99. The molecule has 0 aliphatic rings. The van der Waals surface area contributed by atoms with E-state index in [4.69, 9.17) is 0 Å². The van der Waals surface area contributed by atoms with Gasteiger partial charge in [-0.3, -0.25) is 4.79 Å². The number of amides is 1. The Morgan fingerprint density at radius 2 is 1.92 bits per heavy atom. The van der Waals surface area contributed by atoms with Crippen LogP contribution in [0.4, 0.5) is 10.8 Å². The van der Waals surface area contributed by atoms with Crippen LogP contribution in [0.15, 0.2) is 34.5 Å². The summed E-state index contributed by atoms with van der Waals surface area (Å²) in [4.78, 5) is 16.5. The van der Waals surface area contributed by atoms with Crippen molar-refractivity contribution in [1.82, 2.24) is 10.3 Å². The van der Waals surface area contributed by atoms with E-state index in [1.807, 2.05) is 0 Å². The number of nitrogens with one attached hydrogen (secondary N) is 2. The van der Waals surface area contributed by atoms with Crippen LogP contribution in [0.2, 0.25) is 0 Å². The van der Waals surface area contributed by atoms with E-state index in [1.54, 1.807) is 17.5 Å². The summed E-state index contributed by atoms with van der Waals surface area (Å²) in [6.07, 6.45) is 4.33. The molecule has 0 atom stereocenters. The summed E-state index contributed by atoms with van der Waals surface area (Å²) in [7, 11) is -3.21. The first-order valence-corrected chi connectivity index (χ1v) is 10.5. The standard InChI is InChI=1S/C16H21N3O3S2/c1-3-4-5-10-17-15(20)14-11-23-16(19-14)18-12-6-8-13(9-7-12)24(2,21)22/h6-9,11H,3-5,10H2,1-2H3,(H,17,20)(H,18,19). The van der Waals surface area contributed by atoms with E-state index in [2.05, 4.69) is 22.5 Å². The van der Waals surface area contributed by atoms with Crippen LogP contribution >= 0.6 is 11.3 Å². The Hall–Kier alpha value is -1.93. The quantitative estimate of drug-likeness (QED) is 0.700. The minimum Gasteiger partial charge on any atom is -0.351 e. The zero-order valence-electron chi connectivity index (χ0n) is 13.7. The Bertz CT molecular complexity index is 783. The van der Waals surface area contributed by atoms with Crippen molar-refractivity contribution in [2.75, 3.05) is 18.1 Å². The number of carbonyl (C=O) groups excluding carboxylic acids is 1. The number of hydrogen-bond acceptors (Lipinski definition) is 6. The van der Waals surface area contributed by atoms with Gasteiger partial charge in [-0.15, -0.1) is 11.3 Å². The molecule has 0 radical (unpaired) electrons. The molecule has 0 bridgehead atoms. The third-order valence-corrected chi connectivity index (χ3v) is 5.22. The van der Waals surface area contributed by atoms with E-state index in [1.165, 1.54) is 29.7 Å². The van der Waals surface area contributed by atoms with Crippen molar-refractivity contribution in [3.05, 3.63) is 35.3 Å². The normalized spacial score (nSPS) is 11.2. The fourth-order valence-corrected chi connectivity index (χ4v) is 3.35. The number of aromatic nitrogens is 1. The lowest BCUT2D eigenvalue weighted by atomic mass is 10.2. The number of hydrogen-bond donors (Lipinski definition) is 2. The van der Waals surface area contributed by atoms with Crippen molar-refractivity contribution in [3.63, 3.8) is 0 Å². The maximum atomic E-state index is 12.0. The van der Waals surface area contributed by atoms with Crippen molar-refractivity contribution >= 4 is 37.9 Å². The van der Waals surface area contributed by atoms with Gasteiger partial charge < -0.3 is 10.6 Å². The highest BCUT2D eigenvalue weighted by atomic mass is 32.2. The summed E-state index contributed by atoms with van der Waals surface area (Å²) in [5.41, 5.74) is 1.10. The van der Waals surface area contributed by atoms with Crippen LogP contribution in [0, 0.1) is 0 Å². The molecule has 0 aliphatic carbocycles. The molecular formula is C16H21N3O3S2. The molecular weight excluding hydrogens is 346 g/mol. The maximum absolute atomic E-state index is 12.0. The highest BCUT2D eigenvalue weighted by Gasteiger charge is 2.11. The van der Waals surface area contributed by atoms with Crippen molar-refractivity contribution in [2.24, 2.45) is 0 Å². The van der Waals surface area contributed by atoms with E-state index in [9.17, 15) is 13.2 Å². The van der Waals surface area contributed by atoms with Gasteiger partial charge in [0, 0.05) is 23.9 Å². The average molecular weight is 367 g/mol. The second-order valence-corrected chi connectivity index (χ2v) is 8.30. The maximum Gasteiger partial charge on any atom is 0.270 e. The summed E-state index contributed by atoms with van der Waals surface area (Å²) < 4.78 is 22.9. The van der Waals surface area contributed by atoms with Crippen LogP contribution in [-0.2, 0) is 9.84 Å². The van der Waals surface area contributed by atoms with Gasteiger partial charge in [0.25, 0.3) is 5.91 Å². The second kappa shape index (κ2) is 8.25. The molecule has 1 amide bonds. The molecule has 1 aromatic heterocycles. The first-order chi connectivity index (χ1) is 11.4. The summed E-state index contributed by atoms with van der Waals surface area (Å²) in [5.74, 6) is -0.178. The number of thiazole rings is 1. The first-order valence-electron chi connectivity index (χ1n) is 7.71. The highest BCUT2D eigenvalue weighted by Crippen LogP contribution is 2.22. The Labute approximate surface area is 146 Å². The third-order valence-electron chi connectivity index (χ3n) is 3.34. The van der Waals surface area contributed by atoms with Crippen LogP contribution in [0.5, 0.6) is 0 Å². The lowest BCUT2D eigenvalue weighted by Crippen LogP contribution is -2.24. The predicted molar refractivity (Wildman–Crippen MR) is 96.8 cm³/mol. The van der Waals surface area contributed by atoms with E-state index in [0.717, 1.165) is 19.3 Å². The Morgan fingerprint density at radius 1 is 1.21 bits per heavy atom. The Morgan fingerprint density at radius 3 is 2.54 bits per heavy atom. The van der Waals surface area contributed by atoms with Gasteiger partial charge in [0.15, 0.2) is 15.0 Å². The molecule has 1 heterocycles. The summed E-state index contributed by atoms with van der Waals surface area (Å²) in [5, 5.41) is 8.19. The molecule has 24 heavy (non-hydrogen) atoms. The highest BCUT2D eigenvalue weighted by molar-refractivity contribution is 7.90. The monoisotopic (exact) mass is 367 g/mol. The SMILES string of the molecule is CCCCCNC(=O)c1csc(Nc2ccc(S(C)(=O)=O)cc2)n1. The van der Waals surface area contributed by atoms with Gasteiger partial charge in [0.1, 0.15) is 5.69 Å². The number of carbonyl (C=O) groups is 1. The van der Waals surface area contributed by atoms with Gasteiger partial charge in [-0.05, 0) is 30.7 Å². The van der Waals surface area contributed by atoms with Gasteiger partial charge in [-0.25, -0.2) is 13.4 Å². The summed E-state index contributed by atoms with van der Waals surface area (Å²) in [6, 6.07) is 6.41. The molecule has 0 aliphatic heterocycles. The van der Waals surface area contributed by atoms with Crippen molar-refractivity contribution in [2.45, 2.75) is 31.1 Å². The Balaban J connectivity index is 1.95. The van der Waals surface area contributed by atoms with Crippen LogP contribution in [-0.4, -0.2) is 32.1 Å². The second-order valence-electron chi connectivity index (χ2n) is 5.42. The molecule has 0 saturated carbocycles. The minimum atomic E-state index is -3.21. The zero-order chi connectivity index (χ0) is 17.6. The number of anilines is 2. The lowest BCUT2D eigenvalue weighted by Gasteiger charge is -2.04. The third kappa shape index (κ3) is 5.31. The number of nitrogens with zero attached hydrogens (tertiary/aromatic N) is 1. The van der Waals surface area contributed by atoms with Crippen LogP contribution in [0.3, 0.4) is 0 Å². The van der Waals surface area contributed by atoms with Crippen LogP contribution in [0.1, 0.15) is 36.7 Å². The zero-order valence-corrected chi connectivity index (χ0v) is 15.3. The molecule has 0 unspecified atom stereocenters. The molecule has 0 fully saturated rings. The fraction of sp³-hybridized carbons (Fsp3) is 0.375. The molecule has 130 valence electrons. The van der Waals surface area contributed by atoms with E-state index < -0.39 is 9.84 Å². The molecule has 2 N–H and O–H groups in total. The molecule has 0 saturated heterocycles. The van der Waals surface area contributed by atoms with Crippen LogP contribution < -0.4 is 10.6 Å². The summed E-state index contributed by atoms with van der Waals surface area (Å²) >= 11 is 1.32. The minimum absolute atomic E-state index is 0.178. The molecule has 1 aromatic carbocycles. The molecule has 0 spiro atoms. The molecule has 2 rings (SSSR count). The largest absolute Gasteiger partial charge is 0.351 e. The van der Waals surface area contributed by atoms with Crippen molar-refractivity contribution in [1.29, 1.82) is 0 Å². The molecule has 2 aromatic rings. The molecule has 6 nitrogen and oxygen atoms in total. The van der Waals surface area contributed by atoms with E-state index >= 15 is 0 Å². The Kier molecular flexibility index (Phi) is 6.33. The fourth-order valence-electron chi connectivity index (χ4n) is 2.01. The van der Waals surface area contributed by atoms with Gasteiger partial charge in [-0.2, -0.15) is 0 Å². The van der Waals surface area contributed by atoms with E-state index in [-0.39, 0.29) is 10.8 Å². The lowest BCUT2D eigenvalue weighted by molar-refractivity contribution is 0.0948. The van der Waals surface area contributed by atoms with Gasteiger partial charge in [0.2, 0.25) is 0 Å². The van der Waals surface area contributed by atoms with Gasteiger partial charge in [0.05, 0.1) is 4.90 Å². The number of sulfone groups is 1. The predicted octanol–water partition coefficient (Wildman–Crippen LogP) is 3.21. The smallest absolute Gasteiger partial charge is 0.270 e. The number of benzene rings is 1. The topological polar surface area (TPSA) is 88.2 Å². The molecule has 8 heteroatoms. The number of unbranched alkanes of at least 4 members (excludes halogenated alkanes) is 2. The van der Waals surface area contributed by atoms with Crippen LogP contribution in [0.25, 0.3) is 0 Å². The van der Waals surface area contributed by atoms with Gasteiger partial charge in [-0.1, -0.05) is 19.8 Å². The van der Waals surface area contributed by atoms with Crippen molar-refractivity contribution in [3.8, 4) is 0 Å². The first kappa shape index (κ1) is 18.4. The van der Waals surface area contributed by atoms with Gasteiger partial charge >= 0.3 is 0 Å². The summed E-state index contributed by atoms with van der Waals surface area (Å²) in [6.45, 7) is 2.77.